The second kappa shape index (κ2) is 6.14. The number of carbonyl (C=O) groups is 1. The normalized spacial score (nSPS) is 18.3. The number of benzene rings is 1. The number of hydrogen-bond donors (Lipinski definition) is 1. The quantitative estimate of drug-likeness (QED) is 0.705. The summed E-state index contributed by atoms with van der Waals surface area (Å²) in [4.78, 5) is 13.8. The van der Waals surface area contributed by atoms with E-state index in [0.29, 0.717) is 5.56 Å². The third kappa shape index (κ3) is 3.30. The third-order valence-corrected chi connectivity index (χ3v) is 7.06. The first kappa shape index (κ1) is 17.9. The molecule has 2 nitrogen and oxygen atoms in total. The lowest BCUT2D eigenvalue weighted by molar-refractivity contribution is 0.0697. The van der Waals surface area contributed by atoms with Crippen LogP contribution < -0.4 is 0 Å². The minimum atomic E-state index is -0.887. The van der Waals surface area contributed by atoms with Crippen molar-refractivity contribution in [2.75, 3.05) is 0 Å². The van der Waals surface area contributed by atoms with E-state index in [1.54, 1.807) is 12.1 Å². The van der Waals surface area contributed by atoms with Gasteiger partial charge >= 0.3 is 5.97 Å². The molecule has 1 N–H and O–H groups in total. The Bertz CT molecular complexity index is 836. The highest BCUT2D eigenvalue weighted by Crippen LogP contribution is 2.51. The average Bonchev–Trinajstić information content (AvgIpc) is 2.89. The summed E-state index contributed by atoms with van der Waals surface area (Å²) in [7, 11) is 0. The van der Waals surface area contributed by atoms with E-state index in [4.69, 9.17) is 5.11 Å². The lowest BCUT2D eigenvalue weighted by Gasteiger charge is -2.39. The molecule has 0 aliphatic heterocycles. The maximum Gasteiger partial charge on any atom is 0.335 e. The second-order valence-corrected chi connectivity index (χ2v) is 9.38. The van der Waals surface area contributed by atoms with Gasteiger partial charge in [-0.05, 0) is 65.5 Å². The van der Waals surface area contributed by atoms with E-state index >= 15 is 0 Å². The number of aromatic carboxylic acids is 1. The van der Waals surface area contributed by atoms with E-state index in [-0.39, 0.29) is 10.8 Å². The van der Waals surface area contributed by atoms with Gasteiger partial charge in [-0.2, -0.15) is 0 Å². The number of thiophene rings is 1. The summed E-state index contributed by atoms with van der Waals surface area (Å²) in [5.41, 5.74) is 4.76. The summed E-state index contributed by atoms with van der Waals surface area (Å²) in [5.74, 6) is -0.887. The van der Waals surface area contributed by atoms with E-state index in [1.807, 2.05) is 23.5 Å². The number of rotatable bonds is 3. The Morgan fingerprint density at radius 2 is 1.64 bits per heavy atom. The zero-order chi connectivity index (χ0) is 18.4. The molecule has 0 atom stereocenters. The molecule has 132 valence electrons. The molecule has 1 aliphatic carbocycles. The molecule has 1 aliphatic rings. The molecule has 0 saturated carbocycles. The number of carboxylic acid groups (broad SMARTS) is 1. The SMILES string of the molecule is Cc1c(/C=C/c2ccc(C(=O)O)cc2)sc2c1C(C)(C)CCC2(C)C. The molecule has 3 rings (SSSR count). The Hall–Kier alpha value is -1.87. The maximum absolute atomic E-state index is 11.0. The van der Waals surface area contributed by atoms with Crippen LogP contribution >= 0.6 is 11.3 Å². The van der Waals surface area contributed by atoms with Gasteiger partial charge in [-0.1, -0.05) is 45.9 Å². The molecule has 0 radical (unpaired) electrons. The Labute approximate surface area is 154 Å². The lowest BCUT2D eigenvalue weighted by Crippen LogP contribution is -2.32. The van der Waals surface area contributed by atoms with Crippen LogP contribution in [0.15, 0.2) is 24.3 Å². The molecular weight excluding hydrogens is 328 g/mol. The molecule has 25 heavy (non-hydrogen) atoms. The summed E-state index contributed by atoms with van der Waals surface area (Å²) in [6.45, 7) is 11.7. The van der Waals surface area contributed by atoms with Gasteiger partial charge in [0.15, 0.2) is 0 Å². The standard InChI is InChI=1S/C22H26O2S/c1-14-17(11-8-15-6-9-16(10-7-15)20(23)24)25-19-18(14)21(2,3)12-13-22(19,4)5/h6-11H,12-13H2,1-5H3,(H,23,24)/b11-8+. The van der Waals surface area contributed by atoms with Crippen LogP contribution in [0.3, 0.4) is 0 Å². The van der Waals surface area contributed by atoms with Crippen molar-refractivity contribution in [3.8, 4) is 0 Å². The highest BCUT2D eigenvalue weighted by atomic mass is 32.1. The molecule has 2 aromatic rings. The van der Waals surface area contributed by atoms with Crippen molar-refractivity contribution in [1.29, 1.82) is 0 Å². The van der Waals surface area contributed by atoms with Gasteiger partial charge in [0.1, 0.15) is 0 Å². The van der Waals surface area contributed by atoms with E-state index in [0.717, 1.165) is 5.56 Å². The summed E-state index contributed by atoms with van der Waals surface area (Å²) in [6, 6.07) is 7.02. The first-order valence-corrected chi connectivity index (χ1v) is 9.59. The summed E-state index contributed by atoms with van der Waals surface area (Å²) in [5, 5.41) is 9.00. The van der Waals surface area contributed by atoms with E-state index < -0.39 is 5.97 Å². The zero-order valence-electron chi connectivity index (χ0n) is 15.6. The van der Waals surface area contributed by atoms with Crippen molar-refractivity contribution in [2.24, 2.45) is 0 Å². The minimum absolute atomic E-state index is 0.237. The van der Waals surface area contributed by atoms with Crippen molar-refractivity contribution in [1.82, 2.24) is 0 Å². The maximum atomic E-state index is 11.0. The molecule has 0 saturated heterocycles. The van der Waals surface area contributed by atoms with Gasteiger partial charge < -0.3 is 5.11 Å². The van der Waals surface area contributed by atoms with Gasteiger partial charge in [0, 0.05) is 9.75 Å². The van der Waals surface area contributed by atoms with Crippen LogP contribution in [0.1, 0.15) is 77.3 Å². The van der Waals surface area contributed by atoms with Crippen molar-refractivity contribution < 1.29 is 9.90 Å². The predicted molar refractivity (Wildman–Crippen MR) is 107 cm³/mol. The molecule has 1 aromatic heterocycles. The van der Waals surface area contributed by atoms with Gasteiger partial charge in [-0.3, -0.25) is 0 Å². The Morgan fingerprint density at radius 1 is 1.04 bits per heavy atom. The Morgan fingerprint density at radius 3 is 2.20 bits per heavy atom. The fourth-order valence-electron chi connectivity index (χ4n) is 3.75. The van der Waals surface area contributed by atoms with Crippen molar-refractivity contribution in [3.05, 3.63) is 56.3 Å². The first-order chi connectivity index (χ1) is 11.6. The van der Waals surface area contributed by atoms with Crippen LogP contribution in [-0.4, -0.2) is 11.1 Å². The van der Waals surface area contributed by atoms with Crippen molar-refractivity contribution in [2.45, 2.75) is 58.3 Å². The molecule has 3 heteroatoms. The first-order valence-electron chi connectivity index (χ1n) is 8.78. The fourth-order valence-corrected chi connectivity index (χ4v) is 5.27. The monoisotopic (exact) mass is 354 g/mol. The largest absolute Gasteiger partial charge is 0.478 e. The van der Waals surface area contributed by atoms with Crippen LogP contribution in [0.2, 0.25) is 0 Å². The van der Waals surface area contributed by atoms with E-state index in [2.05, 4.69) is 46.8 Å². The van der Waals surface area contributed by atoms with Crippen LogP contribution in [0.5, 0.6) is 0 Å². The Balaban J connectivity index is 1.96. The molecule has 0 unspecified atom stereocenters. The van der Waals surface area contributed by atoms with E-state index in [9.17, 15) is 4.79 Å². The number of hydrogen-bond acceptors (Lipinski definition) is 2. The molecule has 0 amide bonds. The fraction of sp³-hybridized carbons (Fsp3) is 0.409. The number of carboxylic acids is 1. The van der Waals surface area contributed by atoms with Crippen LogP contribution in [0, 0.1) is 6.92 Å². The summed E-state index contributed by atoms with van der Waals surface area (Å²) in [6.07, 6.45) is 6.72. The van der Waals surface area contributed by atoms with Crippen LogP contribution in [0.25, 0.3) is 12.2 Å². The minimum Gasteiger partial charge on any atom is -0.478 e. The number of fused-ring (bicyclic) bond motifs is 1. The van der Waals surface area contributed by atoms with Gasteiger partial charge in [0.25, 0.3) is 0 Å². The predicted octanol–water partition coefficient (Wildman–Crippen LogP) is 6.27. The van der Waals surface area contributed by atoms with Gasteiger partial charge in [-0.15, -0.1) is 11.3 Å². The highest BCUT2D eigenvalue weighted by Gasteiger charge is 2.40. The summed E-state index contributed by atoms with van der Waals surface area (Å²) >= 11 is 1.92. The van der Waals surface area contributed by atoms with Gasteiger partial charge in [0.2, 0.25) is 0 Å². The van der Waals surface area contributed by atoms with Crippen LogP contribution in [0.4, 0.5) is 0 Å². The smallest absolute Gasteiger partial charge is 0.335 e. The van der Waals surface area contributed by atoms with Gasteiger partial charge in [0.05, 0.1) is 5.56 Å². The van der Waals surface area contributed by atoms with Crippen LogP contribution in [-0.2, 0) is 10.8 Å². The lowest BCUT2D eigenvalue weighted by atomic mass is 9.66. The molecule has 1 heterocycles. The average molecular weight is 355 g/mol. The van der Waals surface area contributed by atoms with Crippen molar-refractivity contribution >= 4 is 29.5 Å². The molecular formula is C22H26O2S. The third-order valence-electron chi connectivity index (χ3n) is 5.43. The molecule has 0 bridgehead atoms. The highest BCUT2D eigenvalue weighted by molar-refractivity contribution is 7.13. The molecule has 0 spiro atoms. The molecule has 1 aromatic carbocycles. The Kier molecular flexibility index (Phi) is 4.40. The zero-order valence-corrected chi connectivity index (χ0v) is 16.5. The van der Waals surface area contributed by atoms with Crippen molar-refractivity contribution in [3.63, 3.8) is 0 Å². The van der Waals surface area contributed by atoms with Gasteiger partial charge in [-0.25, -0.2) is 4.79 Å². The van der Waals surface area contributed by atoms with E-state index in [1.165, 1.54) is 33.7 Å². The summed E-state index contributed by atoms with van der Waals surface area (Å²) < 4.78 is 0. The second-order valence-electron chi connectivity index (χ2n) is 8.32. The topological polar surface area (TPSA) is 37.3 Å². The molecule has 0 fully saturated rings.